The van der Waals surface area contributed by atoms with Gasteiger partial charge < -0.3 is 16.6 Å². The van der Waals surface area contributed by atoms with Crippen molar-refractivity contribution >= 4 is 17.3 Å². The minimum Gasteiger partial charge on any atom is -0.395 e. The van der Waals surface area contributed by atoms with Gasteiger partial charge in [-0.2, -0.15) is 0 Å². The van der Waals surface area contributed by atoms with Crippen molar-refractivity contribution in [3.8, 4) is 0 Å². The van der Waals surface area contributed by atoms with E-state index in [9.17, 15) is 9.50 Å². The average Bonchev–Trinajstić information content (AvgIpc) is 2.12. The van der Waals surface area contributed by atoms with Gasteiger partial charge in [-0.3, -0.25) is 0 Å². The van der Waals surface area contributed by atoms with E-state index in [4.69, 9.17) is 23.1 Å². The molecule has 1 aromatic rings. The molecule has 0 aromatic heterocycles. The number of nitrogens with two attached hydrogens (primary N) is 2. The quantitative estimate of drug-likeness (QED) is 0.658. The Morgan fingerprint density at radius 3 is 2.50 bits per heavy atom. The number of anilines is 1. The van der Waals surface area contributed by atoms with Crippen molar-refractivity contribution in [2.24, 2.45) is 5.73 Å². The second-order valence-electron chi connectivity index (χ2n) is 3.16. The lowest BCUT2D eigenvalue weighted by Gasteiger charge is -2.16. The molecular weight excluding hydrogens is 207 g/mol. The van der Waals surface area contributed by atoms with Crippen LogP contribution in [0, 0.1) is 5.82 Å². The molecule has 0 heterocycles. The molecule has 78 valence electrons. The Kier molecular flexibility index (Phi) is 3.31. The maximum absolute atomic E-state index is 13.1. The van der Waals surface area contributed by atoms with Crippen LogP contribution in [0.2, 0.25) is 5.02 Å². The minimum absolute atomic E-state index is 0.104. The van der Waals surface area contributed by atoms with Crippen molar-refractivity contribution in [3.63, 3.8) is 0 Å². The number of benzene rings is 1. The number of hydrogen-bond acceptors (Lipinski definition) is 3. The highest BCUT2D eigenvalue weighted by Gasteiger charge is 2.15. The van der Waals surface area contributed by atoms with Gasteiger partial charge in [0, 0.05) is 0 Å². The van der Waals surface area contributed by atoms with Gasteiger partial charge in [0.05, 0.1) is 22.9 Å². The maximum atomic E-state index is 13.1. The van der Waals surface area contributed by atoms with Crippen LogP contribution in [-0.4, -0.2) is 11.2 Å². The molecule has 0 aliphatic rings. The highest BCUT2D eigenvalue weighted by atomic mass is 35.5. The summed E-state index contributed by atoms with van der Waals surface area (Å²) in [4.78, 5) is 0. The van der Waals surface area contributed by atoms with Crippen molar-refractivity contribution in [1.82, 2.24) is 0 Å². The molecule has 0 aliphatic carbocycles. The molecule has 0 spiro atoms. The zero-order valence-electron chi connectivity index (χ0n) is 7.67. The molecule has 3 nitrogen and oxygen atoms in total. The Balaban J connectivity index is 3.12. The lowest BCUT2D eigenvalue weighted by molar-refractivity contribution is 0.164. The van der Waals surface area contributed by atoms with Crippen LogP contribution in [-0.2, 0) is 0 Å². The number of rotatable bonds is 2. The Labute approximate surface area is 86.5 Å². The Hall–Kier alpha value is -0.840. The highest BCUT2D eigenvalue weighted by molar-refractivity contribution is 6.33. The van der Waals surface area contributed by atoms with Gasteiger partial charge >= 0.3 is 0 Å². The average molecular weight is 219 g/mol. The van der Waals surface area contributed by atoms with Gasteiger partial charge in [0.2, 0.25) is 0 Å². The normalized spacial score (nSPS) is 15.2. The smallest absolute Gasteiger partial charge is 0.147 e. The topological polar surface area (TPSA) is 72.3 Å². The lowest BCUT2D eigenvalue weighted by Crippen LogP contribution is -2.23. The second kappa shape index (κ2) is 4.13. The third-order valence-electron chi connectivity index (χ3n) is 2.01. The molecule has 0 saturated heterocycles. The fourth-order valence-electron chi connectivity index (χ4n) is 1.07. The standard InChI is InChI=1S/C9H12ClFN2O/c1-4(14)8(12)5-2-6(10)9(13)7(11)3-5/h2-4,8,14H,12-13H2,1H3/t4-,8+/m0/s1. The largest absolute Gasteiger partial charge is 0.395 e. The summed E-state index contributed by atoms with van der Waals surface area (Å²) in [5.74, 6) is -0.622. The summed E-state index contributed by atoms with van der Waals surface area (Å²) in [5, 5.41) is 9.31. The van der Waals surface area contributed by atoms with Crippen molar-refractivity contribution in [2.45, 2.75) is 19.1 Å². The van der Waals surface area contributed by atoms with E-state index in [0.717, 1.165) is 0 Å². The summed E-state index contributed by atoms with van der Waals surface area (Å²) < 4.78 is 13.1. The maximum Gasteiger partial charge on any atom is 0.147 e. The van der Waals surface area contributed by atoms with Gasteiger partial charge in [-0.05, 0) is 24.6 Å². The zero-order valence-corrected chi connectivity index (χ0v) is 8.42. The predicted molar refractivity (Wildman–Crippen MR) is 54.4 cm³/mol. The molecule has 2 atom stereocenters. The van der Waals surface area contributed by atoms with Gasteiger partial charge in [-0.15, -0.1) is 0 Å². The molecule has 5 heteroatoms. The van der Waals surface area contributed by atoms with Gasteiger partial charge in [0.25, 0.3) is 0 Å². The first-order chi connectivity index (χ1) is 6.43. The van der Waals surface area contributed by atoms with Gasteiger partial charge in [-0.25, -0.2) is 4.39 Å². The lowest BCUT2D eigenvalue weighted by atomic mass is 10.0. The van der Waals surface area contributed by atoms with Crippen LogP contribution in [0.3, 0.4) is 0 Å². The van der Waals surface area contributed by atoms with Crippen LogP contribution >= 0.6 is 11.6 Å². The molecule has 0 unspecified atom stereocenters. The summed E-state index contributed by atoms with van der Waals surface area (Å²) in [6.45, 7) is 1.52. The minimum atomic E-state index is -0.769. The van der Waals surface area contributed by atoms with Crippen LogP contribution in [0.5, 0.6) is 0 Å². The molecular formula is C9H12ClFN2O. The fourth-order valence-corrected chi connectivity index (χ4v) is 1.29. The van der Waals surface area contributed by atoms with Crippen molar-refractivity contribution in [2.75, 3.05) is 5.73 Å². The summed E-state index contributed by atoms with van der Waals surface area (Å²) in [6, 6.07) is 1.97. The van der Waals surface area contributed by atoms with Crippen molar-refractivity contribution in [1.29, 1.82) is 0 Å². The van der Waals surface area contributed by atoms with E-state index in [1.165, 1.54) is 19.1 Å². The first-order valence-electron chi connectivity index (χ1n) is 4.11. The van der Waals surface area contributed by atoms with E-state index in [0.29, 0.717) is 5.56 Å². The zero-order chi connectivity index (χ0) is 10.9. The first-order valence-corrected chi connectivity index (χ1v) is 4.49. The Morgan fingerprint density at radius 1 is 1.50 bits per heavy atom. The molecule has 14 heavy (non-hydrogen) atoms. The summed E-state index contributed by atoms with van der Waals surface area (Å²) in [6.07, 6.45) is -0.769. The molecule has 0 bridgehead atoms. The van der Waals surface area contributed by atoms with E-state index in [2.05, 4.69) is 0 Å². The number of aliphatic hydroxyl groups is 1. The predicted octanol–water partition coefficient (Wildman–Crippen LogP) is 1.44. The monoisotopic (exact) mass is 218 g/mol. The number of hydrogen-bond donors (Lipinski definition) is 3. The Morgan fingerprint density at radius 2 is 2.07 bits per heavy atom. The highest BCUT2D eigenvalue weighted by Crippen LogP contribution is 2.27. The molecule has 1 rings (SSSR count). The van der Waals surface area contributed by atoms with E-state index in [-0.39, 0.29) is 10.7 Å². The number of aliphatic hydroxyl groups excluding tert-OH is 1. The summed E-state index contributed by atoms with van der Waals surface area (Å²) in [5.41, 5.74) is 11.3. The van der Waals surface area contributed by atoms with Gasteiger partial charge in [-0.1, -0.05) is 11.6 Å². The molecule has 0 fully saturated rings. The van der Waals surface area contributed by atoms with E-state index in [1.807, 2.05) is 0 Å². The first kappa shape index (κ1) is 11.2. The van der Waals surface area contributed by atoms with Crippen molar-refractivity contribution in [3.05, 3.63) is 28.5 Å². The van der Waals surface area contributed by atoms with E-state index >= 15 is 0 Å². The van der Waals surface area contributed by atoms with Crippen molar-refractivity contribution < 1.29 is 9.50 Å². The van der Waals surface area contributed by atoms with Crippen LogP contribution < -0.4 is 11.5 Å². The molecule has 5 N–H and O–H groups in total. The van der Waals surface area contributed by atoms with Crippen LogP contribution in [0.25, 0.3) is 0 Å². The SMILES string of the molecule is C[C@H](O)[C@@H](N)c1cc(F)c(N)c(Cl)c1. The second-order valence-corrected chi connectivity index (χ2v) is 3.57. The molecule has 0 radical (unpaired) electrons. The van der Waals surface area contributed by atoms with Gasteiger partial charge in [0.1, 0.15) is 5.82 Å². The van der Waals surface area contributed by atoms with E-state index in [1.54, 1.807) is 0 Å². The molecule has 0 amide bonds. The van der Waals surface area contributed by atoms with E-state index < -0.39 is 18.0 Å². The molecule has 1 aromatic carbocycles. The third-order valence-corrected chi connectivity index (χ3v) is 2.32. The van der Waals surface area contributed by atoms with Gasteiger partial charge in [0.15, 0.2) is 0 Å². The molecule has 0 aliphatic heterocycles. The number of nitrogen functional groups attached to an aromatic ring is 1. The summed E-state index contributed by atoms with van der Waals surface area (Å²) in [7, 11) is 0. The number of halogens is 2. The third kappa shape index (κ3) is 2.15. The van der Waals surface area contributed by atoms with Crippen LogP contribution in [0.15, 0.2) is 12.1 Å². The fraction of sp³-hybridized carbons (Fsp3) is 0.333. The summed E-state index contributed by atoms with van der Waals surface area (Å²) >= 11 is 5.67. The molecule has 0 saturated carbocycles. The van der Waals surface area contributed by atoms with Crippen LogP contribution in [0.1, 0.15) is 18.5 Å². The Bertz CT molecular complexity index is 321. The van der Waals surface area contributed by atoms with Crippen LogP contribution in [0.4, 0.5) is 10.1 Å².